The molecule has 1 heterocycles. The van der Waals surface area contributed by atoms with Gasteiger partial charge in [0.1, 0.15) is 5.82 Å². The van der Waals surface area contributed by atoms with Crippen LogP contribution in [0.5, 0.6) is 0 Å². The molecule has 1 aromatic heterocycles. The summed E-state index contributed by atoms with van der Waals surface area (Å²) in [5.74, 6) is -0.944. The fraction of sp³-hybridized carbons (Fsp3) is 0.143. The summed E-state index contributed by atoms with van der Waals surface area (Å²) in [6, 6.07) is 16.1. The Labute approximate surface area is 156 Å². The second-order valence-electron chi connectivity index (χ2n) is 6.02. The molecule has 6 heteroatoms. The van der Waals surface area contributed by atoms with Crippen LogP contribution in [0.15, 0.2) is 73.1 Å². The number of hydrogen-bond donors (Lipinski definition) is 1. The molecule has 0 fully saturated rings. The topological polar surface area (TPSA) is 60.3 Å². The summed E-state index contributed by atoms with van der Waals surface area (Å²) in [4.78, 5) is 24.0. The smallest absolute Gasteiger partial charge is 0.337 e. The largest absolute Gasteiger partial charge is 0.465 e. The first-order valence-electron chi connectivity index (χ1n) is 8.43. The second kappa shape index (κ2) is 8.31. The van der Waals surface area contributed by atoms with E-state index in [4.69, 9.17) is 0 Å². The molecule has 0 unspecified atom stereocenters. The monoisotopic (exact) mass is 366 g/mol. The molecular weight excluding hydrogens is 347 g/mol. The second-order valence-corrected chi connectivity index (χ2v) is 6.02. The number of nitrogens with one attached hydrogen (secondary N) is 1. The van der Waals surface area contributed by atoms with Crippen molar-refractivity contribution in [2.24, 2.45) is 0 Å². The van der Waals surface area contributed by atoms with Gasteiger partial charge in [-0.25, -0.2) is 9.18 Å². The molecule has 1 N–H and O–H groups in total. The van der Waals surface area contributed by atoms with E-state index in [1.807, 2.05) is 29.1 Å². The first kappa shape index (κ1) is 18.4. The zero-order chi connectivity index (χ0) is 19.2. The van der Waals surface area contributed by atoms with Crippen LogP contribution in [0.2, 0.25) is 0 Å². The number of anilines is 1. The number of halogens is 1. The van der Waals surface area contributed by atoms with Crippen molar-refractivity contribution in [3.8, 4) is 0 Å². The molecule has 1 amide bonds. The molecule has 5 nitrogen and oxygen atoms in total. The first-order valence-corrected chi connectivity index (χ1v) is 8.43. The van der Waals surface area contributed by atoms with Gasteiger partial charge in [0.05, 0.1) is 25.1 Å². The zero-order valence-corrected chi connectivity index (χ0v) is 14.8. The van der Waals surface area contributed by atoms with E-state index >= 15 is 0 Å². The molecule has 2 aromatic carbocycles. The van der Waals surface area contributed by atoms with Crippen LogP contribution in [0.3, 0.4) is 0 Å². The summed E-state index contributed by atoms with van der Waals surface area (Å²) in [6.45, 7) is 0. The molecule has 138 valence electrons. The van der Waals surface area contributed by atoms with Gasteiger partial charge in [-0.2, -0.15) is 0 Å². The van der Waals surface area contributed by atoms with Gasteiger partial charge in [0, 0.05) is 18.1 Å². The van der Waals surface area contributed by atoms with Gasteiger partial charge in [-0.1, -0.05) is 12.1 Å². The van der Waals surface area contributed by atoms with Crippen molar-refractivity contribution in [1.82, 2.24) is 4.57 Å². The Balaban J connectivity index is 1.73. The molecule has 0 saturated carbocycles. The van der Waals surface area contributed by atoms with Crippen LogP contribution in [-0.4, -0.2) is 23.6 Å². The summed E-state index contributed by atoms with van der Waals surface area (Å²) >= 11 is 0. The molecule has 0 aliphatic rings. The lowest BCUT2D eigenvalue weighted by Gasteiger charge is -2.19. The van der Waals surface area contributed by atoms with E-state index in [-0.39, 0.29) is 24.2 Å². The minimum atomic E-state index is -0.433. The third kappa shape index (κ3) is 4.61. The Hall–Kier alpha value is -3.41. The molecule has 27 heavy (non-hydrogen) atoms. The van der Waals surface area contributed by atoms with Crippen molar-refractivity contribution >= 4 is 17.6 Å². The average molecular weight is 366 g/mol. The maximum Gasteiger partial charge on any atom is 0.337 e. The lowest BCUT2D eigenvalue weighted by molar-refractivity contribution is -0.116. The number of aromatic nitrogens is 1. The number of amides is 1. The fourth-order valence-electron chi connectivity index (χ4n) is 2.83. The quantitative estimate of drug-likeness (QED) is 0.670. The number of nitrogens with zero attached hydrogens (tertiary/aromatic N) is 1. The summed E-state index contributed by atoms with van der Waals surface area (Å²) in [5.41, 5.74) is 1.83. The average Bonchev–Trinajstić information content (AvgIpc) is 3.21. The van der Waals surface area contributed by atoms with Gasteiger partial charge in [0.25, 0.3) is 0 Å². The number of hydrogen-bond acceptors (Lipinski definition) is 3. The maximum absolute atomic E-state index is 13.2. The molecule has 1 atom stereocenters. The number of carbonyl (C=O) groups is 2. The summed E-state index contributed by atoms with van der Waals surface area (Å²) in [7, 11) is 1.31. The summed E-state index contributed by atoms with van der Waals surface area (Å²) in [5, 5.41) is 2.82. The van der Waals surface area contributed by atoms with Crippen molar-refractivity contribution in [2.75, 3.05) is 12.4 Å². The number of rotatable bonds is 6. The molecule has 0 saturated heterocycles. The lowest BCUT2D eigenvalue weighted by Crippen LogP contribution is -2.19. The van der Waals surface area contributed by atoms with Crippen molar-refractivity contribution in [1.29, 1.82) is 0 Å². The maximum atomic E-state index is 13.2. The minimum absolute atomic E-state index is 0.180. The zero-order valence-electron chi connectivity index (χ0n) is 14.8. The van der Waals surface area contributed by atoms with Crippen LogP contribution >= 0.6 is 0 Å². The number of ether oxygens (including phenoxy) is 1. The van der Waals surface area contributed by atoms with E-state index in [0.717, 1.165) is 5.56 Å². The molecule has 0 aliphatic heterocycles. The molecule has 0 bridgehead atoms. The highest BCUT2D eigenvalue weighted by molar-refractivity contribution is 5.93. The highest BCUT2D eigenvalue weighted by Crippen LogP contribution is 2.23. The lowest BCUT2D eigenvalue weighted by atomic mass is 10.0. The predicted molar refractivity (Wildman–Crippen MR) is 100.0 cm³/mol. The van der Waals surface area contributed by atoms with Gasteiger partial charge in [0.2, 0.25) is 5.91 Å². The number of carbonyl (C=O) groups excluding carboxylic acids is 2. The predicted octanol–water partition coefficient (Wildman–Crippen LogP) is 4.03. The Morgan fingerprint density at radius 1 is 1.04 bits per heavy atom. The highest BCUT2D eigenvalue weighted by atomic mass is 19.1. The number of benzene rings is 2. The number of methoxy groups -OCH3 is 1. The van der Waals surface area contributed by atoms with Crippen LogP contribution in [0.25, 0.3) is 0 Å². The normalized spacial score (nSPS) is 11.6. The molecule has 3 rings (SSSR count). The highest BCUT2D eigenvalue weighted by Gasteiger charge is 2.18. The Bertz CT molecular complexity index is 904. The van der Waals surface area contributed by atoms with Gasteiger partial charge >= 0.3 is 5.97 Å². The SMILES string of the molecule is COC(=O)c1ccc(NC(=O)C[C@@H](c2ccc(F)cc2)n2cccc2)cc1. The summed E-state index contributed by atoms with van der Waals surface area (Å²) in [6.07, 6.45) is 3.91. The van der Waals surface area contributed by atoms with E-state index in [2.05, 4.69) is 10.1 Å². The summed E-state index contributed by atoms with van der Waals surface area (Å²) < 4.78 is 19.8. The fourth-order valence-corrected chi connectivity index (χ4v) is 2.83. The van der Waals surface area contributed by atoms with Crippen molar-refractivity contribution in [2.45, 2.75) is 12.5 Å². The van der Waals surface area contributed by atoms with E-state index in [1.54, 1.807) is 36.4 Å². The van der Waals surface area contributed by atoms with Crippen molar-refractivity contribution in [3.05, 3.63) is 90.0 Å². The van der Waals surface area contributed by atoms with Gasteiger partial charge < -0.3 is 14.6 Å². The van der Waals surface area contributed by atoms with E-state index in [9.17, 15) is 14.0 Å². The third-order valence-electron chi connectivity index (χ3n) is 4.21. The van der Waals surface area contributed by atoms with Crippen LogP contribution in [0, 0.1) is 5.82 Å². The van der Waals surface area contributed by atoms with Gasteiger partial charge in [-0.05, 0) is 54.1 Å². The van der Waals surface area contributed by atoms with Crippen molar-refractivity contribution < 1.29 is 18.7 Å². The van der Waals surface area contributed by atoms with Gasteiger partial charge in [0.15, 0.2) is 0 Å². The minimum Gasteiger partial charge on any atom is -0.465 e. The molecular formula is C21H19FN2O3. The van der Waals surface area contributed by atoms with E-state index in [0.29, 0.717) is 11.3 Å². The van der Waals surface area contributed by atoms with Crippen LogP contribution in [-0.2, 0) is 9.53 Å². The third-order valence-corrected chi connectivity index (χ3v) is 4.21. The van der Waals surface area contributed by atoms with E-state index in [1.165, 1.54) is 19.2 Å². The molecule has 0 radical (unpaired) electrons. The number of esters is 1. The first-order chi connectivity index (χ1) is 13.1. The van der Waals surface area contributed by atoms with Gasteiger partial charge in [-0.3, -0.25) is 4.79 Å². The Kier molecular flexibility index (Phi) is 5.66. The van der Waals surface area contributed by atoms with Crippen LogP contribution in [0.4, 0.5) is 10.1 Å². The Morgan fingerprint density at radius 2 is 1.67 bits per heavy atom. The Morgan fingerprint density at radius 3 is 2.26 bits per heavy atom. The molecule has 3 aromatic rings. The molecule has 0 aliphatic carbocycles. The van der Waals surface area contributed by atoms with Crippen LogP contribution in [0.1, 0.15) is 28.4 Å². The van der Waals surface area contributed by atoms with Crippen LogP contribution < -0.4 is 5.32 Å². The van der Waals surface area contributed by atoms with Crippen molar-refractivity contribution in [3.63, 3.8) is 0 Å². The molecule has 0 spiro atoms. The van der Waals surface area contributed by atoms with Gasteiger partial charge in [-0.15, -0.1) is 0 Å². The standard InChI is InChI=1S/C21H19FN2O3/c1-27-21(26)16-6-10-18(11-7-16)23-20(25)14-19(24-12-2-3-13-24)15-4-8-17(22)9-5-15/h2-13,19H,14H2,1H3,(H,23,25)/t19-/m0/s1. The van der Waals surface area contributed by atoms with E-state index < -0.39 is 5.97 Å².